The Morgan fingerprint density at radius 3 is 2.56 bits per heavy atom. The largest absolute Gasteiger partial charge is 0.332 e. The van der Waals surface area contributed by atoms with E-state index in [1.807, 2.05) is 11.0 Å². The van der Waals surface area contributed by atoms with E-state index >= 15 is 0 Å². The van der Waals surface area contributed by atoms with Gasteiger partial charge < -0.3 is 10.2 Å². The van der Waals surface area contributed by atoms with Crippen molar-refractivity contribution < 1.29 is 9.18 Å². The molecule has 3 rings (SSSR count). The first-order valence-corrected chi connectivity index (χ1v) is 8.57. The summed E-state index contributed by atoms with van der Waals surface area (Å²) in [5.74, 6) is -0.0939. The number of carbonyl (C=O) groups excluding carboxylic acids is 1. The Morgan fingerprint density at radius 1 is 1.24 bits per heavy atom. The Bertz CT molecular complexity index is 565. The molecule has 7 heteroatoms. The highest BCUT2D eigenvalue weighted by atomic mass is 35.5. The van der Waals surface area contributed by atoms with Gasteiger partial charge in [0.1, 0.15) is 5.82 Å². The predicted octanol–water partition coefficient (Wildman–Crippen LogP) is 3.02. The summed E-state index contributed by atoms with van der Waals surface area (Å²) in [6, 6.07) is 7.45. The molecule has 0 aliphatic carbocycles. The van der Waals surface area contributed by atoms with Crippen LogP contribution in [-0.4, -0.2) is 54.0 Å². The Balaban J connectivity index is 0.00000156. The van der Waals surface area contributed by atoms with Crippen LogP contribution in [0.15, 0.2) is 24.3 Å². The number of rotatable bonds is 3. The van der Waals surface area contributed by atoms with Gasteiger partial charge >= 0.3 is 0 Å². The number of nitrogens with zero attached hydrogens (tertiary/aromatic N) is 2. The second-order valence-corrected chi connectivity index (χ2v) is 6.81. The van der Waals surface area contributed by atoms with Crippen molar-refractivity contribution in [2.24, 2.45) is 0 Å². The van der Waals surface area contributed by atoms with E-state index in [1.54, 1.807) is 12.1 Å². The van der Waals surface area contributed by atoms with Gasteiger partial charge in [0.2, 0.25) is 5.91 Å². The normalized spacial score (nSPS) is 26.7. The first-order valence-electron chi connectivity index (χ1n) is 8.57. The van der Waals surface area contributed by atoms with E-state index < -0.39 is 0 Å². The second-order valence-electron chi connectivity index (χ2n) is 6.81. The molecule has 1 amide bonds. The van der Waals surface area contributed by atoms with Crippen molar-refractivity contribution in [2.75, 3.05) is 26.2 Å². The molecule has 2 aliphatic heterocycles. The molecule has 1 aromatic rings. The van der Waals surface area contributed by atoms with Crippen LogP contribution in [0.25, 0.3) is 0 Å². The van der Waals surface area contributed by atoms with Crippen LogP contribution in [0, 0.1) is 5.82 Å². The number of halogens is 3. The number of amides is 1. The lowest BCUT2D eigenvalue weighted by molar-refractivity contribution is -0.136. The SMILES string of the molecule is CC1CCC(C)N1CC(=O)N1CCNCC1c1cccc(F)c1.Cl.Cl. The van der Waals surface area contributed by atoms with E-state index in [4.69, 9.17) is 0 Å². The summed E-state index contributed by atoms with van der Waals surface area (Å²) in [6.07, 6.45) is 2.31. The zero-order valence-electron chi connectivity index (χ0n) is 14.8. The van der Waals surface area contributed by atoms with Crippen molar-refractivity contribution >= 4 is 30.7 Å². The van der Waals surface area contributed by atoms with Crippen LogP contribution >= 0.6 is 24.8 Å². The molecule has 2 heterocycles. The fourth-order valence-electron chi connectivity index (χ4n) is 3.82. The number of likely N-dealkylation sites (tertiary alicyclic amines) is 1. The van der Waals surface area contributed by atoms with Crippen molar-refractivity contribution in [1.29, 1.82) is 0 Å². The highest BCUT2D eigenvalue weighted by molar-refractivity contribution is 5.85. The topological polar surface area (TPSA) is 35.6 Å². The lowest BCUT2D eigenvalue weighted by atomic mass is 10.0. The van der Waals surface area contributed by atoms with Crippen LogP contribution in [0.5, 0.6) is 0 Å². The van der Waals surface area contributed by atoms with Gasteiger partial charge in [-0.25, -0.2) is 4.39 Å². The molecule has 1 aromatic carbocycles. The smallest absolute Gasteiger partial charge is 0.237 e. The first kappa shape index (κ1) is 22.2. The number of nitrogens with one attached hydrogen (secondary N) is 1. The molecule has 142 valence electrons. The van der Waals surface area contributed by atoms with Crippen LogP contribution in [0.3, 0.4) is 0 Å². The van der Waals surface area contributed by atoms with Crippen LogP contribution in [0.4, 0.5) is 4.39 Å². The minimum Gasteiger partial charge on any atom is -0.332 e. The molecular formula is C18H28Cl2FN3O. The Morgan fingerprint density at radius 2 is 1.92 bits per heavy atom. The molecular weight excluding hydrogens is 364 g/mol. The van der Waals surface area contributed by atoms with Crippen LogP contribution in [0.2, 0.25) is 0 Å². The van der Waals surface area contributed by atoms with E-state index in [0.29, 0.717) is 31.7 Å². The lowest BCUT2D eigenvalue weighted by Crippen LogP contribution is -2.52. The van der Waals surface area contributed by atoms with E-state index in [1.165, 1.54) is 6.07 Å². The van der Waals surface area contributed by atoms with Gasteiger partial charge in [0.15, 0.2) is 0 Å². The van der Waals surface area contributed by atoms with Crippen molar-refractivity contribution in [2.45, 2.75) is 44.8 Å². The number of hydrogen-bond acceptors (Lipinski definition) is 3. The van der Waals surface area contributed by atoms with E-state index in [-0.39, 0.29) is 42.6 Å². The van der Waals surface area contributed by atoms with Crippen LogP contribution in [0.1, 0.15) is 38.3 Å². The van der Waals surface area contributed by atoms with Gasteiger partial charge in [0.25, 0.3) is 0 Å². The fourth-order valence-corrected chi connectivity index (χ4v) is 3.82. The molecule has 25 heavy (non-hydrogen) atoms. The zero-order chi connectivity index (χ0) is 16.4. The van der Waals surface area contributed by atoms with Gasteiger partial charge in [-0.05, 0) is 44.4 Å². The number of hydrogen-bond donors (Lipinski definition) is 1. The van der Waals surface area contributed by atoms with Gasteiger partial charge in [-0.2, -0.15) is 0 Å². The van der Waals surface area contributed by atoms with Crippen LogP contribution in [-0.2, 0) is 4.79 Å². The molecule has 0 radical (unpaired) electrons. The first-order chi connectivity index (χ1) is 11.1. The third-order valence-corrected chi connectivity index (χ3v) is 5.25. The summed E-state index contributed by atoms with van der Waals surface area (Å²) in [5, 5.41) is 3.32. The maximum Gasteiger partial charge on any atom is 0.237 e. The van der Waals surface area contributed by atoms with Gasteiger partial charge in [-0.3, -0.25) is 9.69 Å². The van der Waals surface area contributed by atoms with Crippen molar-refractivity contribution in [3.05, 3.63) is 35.6 Å². The lowest BCUT2D eigenvalue weighted by Gasteiger charge is -2.38. The Labute approximate surface area is 162 Å². The van der Waals surface area contributed by atoms with Gasteiger partial charge in [-0.15, -0.1) is 24.8 Å². The Hall–Kier alpha value is -0.880. The summed E-state index contributed by atoms with van der Waals surface area (Å²) in [6.45, 7) is 7.00. The quantitative estimate of drug-likeness (QED) is 0.859. The molecule has 4 nitrogen and oxygen atoms in total. The second kappa shape index (κ2) is 9.72. The summed E-state index contributed by atoms with van der Waals surface area (Å²) in [4.78, 5) is 17.1. The molecule has 2 fully saturated rings. The Kier molecular flexibility index (Phi) is 8.61. The molecule has 2 saturated heterocycles. The minimum absolute atomic E-state index is 0. The summed E-state index contributed by atoms with van der Waals surface area (Å²) < 4.78 is 13.5. The van der Waals surface area contributed by atoms with Crippen molar-refractivity contribution in [3.8, 4) is 0 Å². The summed E-state index contributed by atoms with van der Waals surface area (Å²) >= 11 is 0. The highest BCUT2D eigenvalue weighted by Gasteiger charge is 2.33. The molecule has 2 aliphatic rings. The molecule has 1 N–H and O–H groups in total. The monoisotopic (exact) mass is 391 g/mol. The number of benzene rings is 1. The third-order valence-electron chi connectivity index (χ3n) is 5.25. The van der Waals surface area contributed by atoms with Gasteiger partial charge in [-0.1, -0.05) is 12.1 Å². The van der Waals surface area contributed by atoms with Crippen molar-refractivity contribution in [3.63, 3.8) is 0 Å². The number of piperazine rings is 1. The van der Waals surface area contributed by atoms with Crippen molar-refractivity contribution in [1.82, 2.24) is 15.1 Å². The molecule has 0 saturated carbocycles. The molecule has 3 atom stereocenters. The average Bonchev–Trinajstić information content (AvgIpc) is 2.87. The standard InChI is InChI=1S/C18H26FN3O.2ClH/c1-13-6-7-14(2)22(13)12-18(23)21-9-8-20-11-17(21)15-4-3-5-16(19)10-15;;/h3-5,10,13-14,17,20H,6-9,11-12H2,1-2H3;2*1H. The molecule has 0 bridgehead atoms. The van der Waals surface area contributed by atoms with Gasteiger partial charge in [0.05, 0.1) is 12.6 Å². The number of carbonyl (C=O) groups is 1. The van der Waals surface area contributed by atoms with E-state index in [2.05, 4.69) is 24.1 Å². The highest BCUT2D eigenvalue weighted by Crippen LogP contribution is 2.26. The maximum absolute atomic E-state index is 13.5. The van der Waals surface area contributed by atoms with E-state index in [9.17, 15) is 9.18 Å². The zero-order valence-corrected chi connectivity index (χ0v) is 16.4. The summed E-state index contributed by atoms with van der Waals surface area (Å²) in [7, 11) is 0. The molecule has 0 aromatic heterocycles. The molecule has 0 spiro atoms. The van der Waals surface area contributed by atoms with Crippen LogP contribution < -0.4 is 5.32 Å². The third kappa shape index (κ3) is 5.07. The minimum atomic E-state index is -0.248. The average molecular weight is 392 g/mol. The summed E-state index contributed by atoms with van der Waals surface area (Å²) in [5.41, 5.74) is 0.869. The fraction of sp³-hybridized carbons (Fsp3) is 0.611. The predicted molar refractivity (Wildman–Crippen MR) is 103 cm³/mol. The van der Waals surface area contributed by atoms with Gasteiger partial charge in [0, 0.05) is 31.7 Å². The molecule has 3 unspecified atom stereocenters. The maximum atomic E-state index is 13.5. The van der Waals surface area contributed by atoms with E-state index in [0.717, 1.165) is 24.9 Å².